The van der Waals surface area contributed by atoms with Gasteiger partial charge in [0.1, 0.15) is 17.6 Å². The number of methoxy groups -OCH3 is 1. The predicted octanol–water partition coefficient (Wildman–Crippen LogP) is 4.08. The molecule has 7 nitrogen and oxygen atoms in total. The van der Waals surface area contributed by atoms with Crippen molar-refractivity contribution < 1.29 is 28.8 Å². The van der Waals surface area contributed by atoms with Crippen molar-refractivity contribution in [1.29, 1.82) is 0 Å². The molecule has 1 aliphatic heterocycles. The van der Waals surface area contributed by atoms with Gasteiger partial charge in [-0.2, -0.15) is 0 Å². The molecule has 0 spiro atoms. The summed E-state index contributed by atoms with van der Waals surface area (Å²) in [6.45, 7) is 3.72. The Morgan fingerprint density at radius 3 is 2.84 bits per heavy atom. The van der Waals surface area contributed by atoms with Gasteiger partial charge >= 0.3 is 0 Å². The Kier molecular flexibility index (Phi) is 9.17. The highest BCUT2D eigenvalue weighted by Gasteiger charge is 2.24. The van der Waals surface area contributed by atoms with Crippen LogP contribution in [0.5, 0.6) is 11.5 Å². The molecule has 32 heavy (non-hydrogen) atoms. The van der Waals surface area contributed by atoms with Gasteiger partial charge in [-0.1, -0.05) is 24.6 Å². The van der Waals surface area contributed by atoms with Crippen LogP contribution in [-0.4, -0.2) is 43.7 Å². The molecule has 2 N–H and O–H groups in total. The maximum absolute atomic E-state index is 12.7. The zero-order valence-corrected chi connectivity index (χ0v) is 19.2. The minimum atomic E-state index is -0.964. The zero-order valence-electron chi connectivity index (χ0n) is 18.4. The van der Waals surface area contributed by atoms with E-state index in [2.05, 4.69) is 5.32 Å². The molecular weight excluding hydrogens is 434 g/mol. The van der Waals surface area contributed by atoms with Crippen LogP contribution in [-0.2, 0) is 22.6 Å². The summed E-state index contributed by atoms with van der Waals surface area (Å²) < 4.78 is 22.0. The van der Waals surface area contributed by atoms with Gasteiger partial charge in [0.15, 0.2) is 6.29 Å². The summed E-state index contributed by atoms with van der Waals surface area (Å²) in [5.41, 5.74) is 2.00. The van der Waals surface area contributed by atoms with E-state index in [4.69, 9.17) is 30.5 Å². The number of hydrogen-bond donors (Lipinski definition) is 2. The van der Waals surface area contributed by atoms with Crippen LogP contribution in [0.4, 0.5) is 0 Å². The molecule has 1 fully saturated rings. The van der Waals surface area contributed by atoms with Gasteiger partial charge in [0.05, 0.1) is 30.9 Å². The fourth-order valence-electron chi connectivity index (χ4n) is 3.44. The molecule has 2 aromatic rings. The van der Waals surface area contributed by atoms with Crippen molar-refractivity contribution in [3.05, 3.63) is 58.1 Å². The van der Waals surface area contributed by atoms with E-state index in [9.17, 15) is 9.90 Å². The van der Waals surface area contributed by atoms with Crippen molar-refractivity contribution in [1.82, 2.24) is 5.32 Å². The first-order chi connectivity index (χ1) is 15.5. The molecule has 174 valence electrons. The lowest BCUT2D eigenvalue weighted by Crippen LogP contribution is -2.27. The van der Waals surface area contributed by atoms with E-state index >= 15 is 0 Å². The lowest BCUT2D eigenvalue weighted by molar-refractivity contribution is -0.171. The Morgan fingerprint density at radius 2 is 2.16 bits per heavy atom. The normalized spacial score (nSPS) is 16.6. The minimum absolute atomic E-state index is 0.219. The van der Waals surface area contributed by atoms with E-state index in [1.54, 1.807) is 25.3 Å². The number of carbonyl (C=O) groups is 1. The zero-order chi connectivity index (χ0) is 22.9. The number of benzene rings is 2. The van der Waals surface area contributed by atoms with Crippen molar-refractivity contribution >= 4 is 17.5 Å². The number of rotatable bonds is 11. The molecule has 1 aliphatic rings. The quantitative estimate of drug-likeness (QED) is 0.488. The first-order valence-corrected chi connectivity index (χ1v) is 11.2. The van der Waals surface area contributed by atoms with Crippen LogP contribution in [0.3, 0.4) is 0 Å². The number of nitrogens with one attached hydrogen (secondary N) is 1. The average Bonchev–Trinajstić information content (AvgIpc) is 3.35. The Bertz CT molecular complexity index is 900. The van der Waals surface area contributed by atoms with Gasteiger partial charge in [0.2, 0.25) is 0 Å². The number of aliphatic hydroxyl groups is 1. The predicted molar refractivity (Wildman–Crippen MR) is 121 cm³/mol. The van der Waals surface area contributed by atoms with Gasteiger partial charge in [0.25, 0.3) is 5.91 Å². The van der Waals surface area contributed by atoms with Crippen molar-refractivity contribution in [2.24, 2.45) is 0 Å². The first kappa shape index (κ1) is 24.3. The van der Waals surface area contributed by atoms with E-state index in [1.807, 2.05) is 25.1 Å². The lowest BCUT2D eigenvalue weighted by atomic mass is 10.1. The first-order valence-electron chi connectivity index (χ1n) is 10.8. The molecule has 3 rings (SSSR count). The number of amides is 1. The minimum Gasteiger partial charge on any atom is -0.496 e. The van der Waals surface area contributed by atoms with E-state index < -0.39 is 6.29 Å². The highest BCUT2D eigenvalue weighted by atomic mass is 35.5. The number of carbonyl (C=O) groups excluding carboxylic acids is 1. The highest BCUT2D eigenvalue weighted by Crippen LogP contribution is 2.25. The van der Waals surface area contributed by atoms with E-state index in [1.165, 1.54) is 0 Å². The number of aliphatic hydroxyl groups excluding tert-OH is 1. The third kappa shape index (κ3) is 6.59. The molecular formula is C24H30ClNO6. The average molecular weight is 464 g/mol. The Hall–Kier alpha value is -2.32. The fourth-order valence-corrected chi connectivity index (χ4v) is 3.69. The largest absolute Gasteiger partial charge is 0.496 e. The molecule has 8 heteroatoms. The molecule has 0 aliphatic carbocycles. The maximum Gasteiger partial charge on any atom is 0.253 e. The van der Waals surface area contributed by atoms with Crippen LogP contribution < -0.4 is 14.8 Å². The second-order valence-electron chi connectivity index (χ2n) is 7.57. The van der Waals surface area contributed by atoms with Crippen molar-refractivity contribution in [2.45, 2.75) is 51.7 Å². The molecule has 0 radical (unpaired) electrons. The summed E-state index contributed by atoms with van der Waals surface area (Å²) in [6.07, 6.45) is 1.36. The van der Waals surface area contributed by atoms with Crippen LogP contribution in [0.15, 0.2) is 36.4 Å². The summed E-state index contributed by atoms with van der Waals surface area (Å²) in [4.78, 5) is 12.7. The van der Waals surface area contributed by atoms with Gasteiger partial charge in [0, 0.05) is 18.7 Å². The van der Waals surface area contributed by atoms with Gasteiger partial charge in [-0.25, -0.2) is 0 Å². The molecule has 1 saturated heterocycles. The van der Waals surface area contributed by atoms with E-state index in [0.29, 0.717) is 35.3 Å². The molecule has 1 amide bonds. The molecule has 0 bridgehead atoms. The Labute approximate surface area is 193 Å². The van der Waals surface area contributed by atoms with Crippen LogP contribution in [0, 0.1) is 0 Å². The van der Waals surface area contributed by atoms with Gasteiger partial charge in [-0.05, 0) is 55.2 Å². The van der Waals surface area contributed by atoms with Gasteiger partial charge < -0.3 is 29.4 Å². The topological polar surface area (TPSA) is 86.3 Å². The summed E-state index contributed by atoms with van der Waals surface area (Å²) in [6, 6.07) is 10.6. The summed E-state index contributed by atoms with van der Waals surface area (Å²) in [5, 5.41) is 13.3. The maximum atomic E-state index is 12.7. The molecule has 0 saturated carbocycles. The van der Waals surface area contributed by atoms with Gasteiger partial charge in [-0.15, -0.1) is 0 Å². The SMILES string of the molecule is CCCOc1ccc(C(=O)NCc2cc(COC(O)C3CCCO3)ccc2OC)c(Cl)c1. The number of hydrogen-bond acceptors (Lipinski definition) is 6. The molecule has 2 unspecified atom stereocenters. The number of halogens is 1. The monoisotopic (exact) mass is 463 g/mol. The van der Waals surface area contributed by atoms with Crippen LogP contribution in [0.25, 0.3) is 0 Å². The fraction of sp³-hybridized carbons (Fsp3) is 0.458. The van der Waals surface area contributed by atoms with Crippen LogP contribution in [0.2, 0.25) is 5.02 Å². The lowest BCUT2D eigenvalue weighted by Gasteiger charge is -2.18. The number of ether oxygens (including phenoxy) is 4. The van der Waals surface area contributed by atoms with Crippen molar-refractivity contribution in [3.8, 4) is 11.5 Å². The second-order valence-corrected chi connectivity index (χ2v) is 7.98. The summed E-state index contributed by atoms with van der Waals surface area (Å²) in [7, 11) is 1.57. The Balaban J connectivity index is 1.60. The van der Waals surface area contributed by atoms with Crippen molar-refractivity contribution in [3.63, 3.8) is 0 Å². The highest BCUT2D eigenvalue weighted by molar-refractivity contribution is 6.34. The van der Waals surface area contributed by atoms with Crippen molar-refractivity contribution in [2.75, 3.05) is 20.3 Å². The third-order valence-electron chi connectivity index (χ3n) is 5.15. The van der Waals surface area contributed by atoms with E-state index in [0.717, 1.165) is 30.4 Å². The molecule has 1 heterocycles. The third-order valence-corrected chi connectivity index (χ3v) is 5.46. The Morgan fingerprint density at radius 1 is 1.31 bits per heavy atom. The smallest absolute Gasteiger partial charge is 0.253 e. The summed E-state index contributed by atoms with van der Waals surface area (Å²) >= 11 is 6.28. The summed E-state index contributed by atoms with van der Waals surface area (Å²) in [5.74, 6) is 0.977. The van der Waals surface area contributed by atoms with Gasteiger partial charge in [-0.3, -0.25) is 4.79 Å². The van der Waals surface area contributed by atoms with Crippen LogP contribution >= 0.6 is 11.6 Å². The standard InChI is InChI=1S/C24H30ClNO6/c1-3-10-30-18-7-8-19(20(25)13-18)23(27)26-14-17-12-16(6-9-21(17)29-2)15-32-24(28)22-5-4-11-31-22/h6-9,12-13,22,24,28H,3-5,10-11,14-15H2,1-2H3,(H,26,27). The second kappa shape index (κ2) is 12.1. The molecule has 2 aromatic carbocycles. The van der Waals surface area contributed by atoms with E-state index in [-0.39, 0.29) is 25.2 Å². The molecule has 2 atom stereocenters. The van der Waals surface area contributed by atoms with Crippen LogP contribution in [0.1, 0.15) is 47.7 Å². The molecule has 0 aromatic heterocycles.